The molecule has 1 rings (SSSR count). The molecule has 1 aromatic carbocycles. The minimum absolute atomic E-state index is 0.258. The fourth-order valence-corrected chi connectivity index (χ4v) is 1.44. The van der Waals surface area contributed by atoms with E-state index in [0.29, 0.717) is 6.42 Å². The first-order chi connectivity index (χ1) is 7.15. The molecule has 0 aliphatic heterocycles. The SMILES string of the molecule is CC[C@H](N)C(=O)OCc1ccccc1Br. The average Bonchev–Trinajstić information content (AvgIpc) is 2.26. The Kier molecular flexibility index (Phi) is 4.78. The molecule has 0 radical (unpaired) electrons. The summed E-state index contributed by atoms with van der Waals surface area (Å²) in [6.07, 6.45) is 0.592. The van der Waals surface area contributed by atoms with Gasteiger partial charge in [-0.3, -0.25) is 4.79 Å². The summed E-state index contributed by atoms with van der Waals surface area (Å²) in [5.74, 6) is -0.353. The lowest BCUT2D eigenvalue weighted by Gasteiger charge is -2.10. The highest BCUT2D eigenvalue weighted by Crippen LogP contribution is 2.16. The molecule has 1 aromatic rings. The Balaban J connectivity index is 2.51. The summed E-state index contributed by atoms with van der Waals surface area (Å²) < 4.78 is 6.00. The minimum Gasteiger partial charge on any atom is -0.460 e. The van der Waals surface area contributed by atoms with Crippen LogP contribution < -0.4 is 5.73 Å². The van der Waals surface area contributed by atoms with Gasteiger partial charge in [-0.25, -0.2) is 0 Å². The molecule has 3 nitrogen and oxygen atoms in total. The normalized spacial score (nSPS) is 12.2. The van der Waals surface area contributed by atoms with Gasteiger partial charge in [-0.05, 0) is 12.5 Å². The van der Waals surface area contributed by atoms with Crippen molar-refractivity contribution in [2.45, 2.75) is 26.0 Å². The third-order valence-electron chi connectivity index (χ3n) is 2.07. The lowest BCUT2D eigenvalue weighted by Crippen LogP contribution is -2.31. The summed E-state index contributed by atoms with van der Waals surface area (Å²) in [7, 11) is 0. The second-order valence-corrected chi connectivity index (χ2v) is 4.07. The molecule has 0 spiro atoms. The zero-order chi connectivity index (χ0) is 11.3. The Morgan fingerprint density at radius 1 is 1.53 bits per heavy atom. The van der Waals surface area contributed by atoms with Crippen LogP contribution in [0.1, 0.15) is 18.9 Å². The van der Waals surface area contributed by atoms with E-state index in [0.717, 1.165) is 10.0 Å². The molecule has 82 valence electrons. The van der Waals surface area contributed by atoms with Crippen LogP contribution in [0.2, 0.25) is 0 Å². The summed E-state index contributed by atoms with van der Waals surface area (Å²) >= 11 is 3.38. The van der Waals surface area contributed by atoms with Crippen LogP contribution in [0.25, 0.3) is 0 Å². The molecular weight excluding hydrogens is 258 g/mol. The lowest BCUT2D eigenvalue weighted by atomic mass is 10.2. The van der Waals surface area contributed by atoms with E-state index in [9.17, 15) is 4.79 Å². The van der Waals surface area contributed by atoms with Gasteiger partial charge < -0.3 is 10.5 Å². The highest BCUT2D eigenvalue weighted by atomic mass is 79.9. The predicted molar refractivity (Wildman–Crippen MR) is 62.2 cm³/mol. The number of nitrogens with two attached hydrogens (primary N) is 1. The first-order valence-electron chi connectivity index (χ1n) is 4.80. The second kappa shape index (κ2) is 5.88. The van der Waals surface area contributed by atoms with Crippen LogP contribution in [0.15, 0.2) is 28.7 Å². The molecule has 0 bridgehead atoms. The van der Waals surface area contributed by atoms with Crippen LogP contribution in [0, 0.1) is 0 Å². The van der Waals surface area contributed by atoms with Crippen molar-refractivity contribution in [3.05, 3.63) is 34.3 Å². The zero-order valence-corrected chi connectivity index (χ0v) is 10.2. The molecule has 2 N–H and O–H groups in total. The number of esters is 1. The fourth-order valence-electron chi connectivity index (χ4n) is 1.04. The lowest BCUT2D eigenvalue weighted by molar-refractivity contribution is -0.146. The van der Waals surface area contributed by atoms with Gasteiger partial charge in [0, 0.05) is 10.0 Å². The molecule has 0 heterocycles. The van der Waals surface area contributed by atoms with Crippen LogP contribution >= 0.6 is 15.9 Å². The molecule has 15 heavy (non-hydrogen) atoms. The Bertz CT molecular complexity index is 341. The summed E-state index contributed by atoms with van der Waals surface area (Å²) in [5, 5.41) is 0. The number of rotatable bonds is 4. The number of halogens is 1. The summed E-state index contributed by atoms with van der Waals surface area (Å²) in [6.45, 7) is 2.11. The van der Waals surface area contributed by atoms with Crippen molar-refractivity contribution in [2.24, 2.45) is 5.73 Å². The Labute approximate surface area is 97.7 Å². The van der Waals surface area contributed by atoms with E-state index in [-0.39, 0.29) is 12.6 Å². The quantitative estimate of drug-likeness (QED) is 0.855. The van der Waals surface area contributed by atoms with Crippen molar-refractivity contribution in [3.8, 4) is 0 Å². The van der Waals surface area contributed by atoms with Crippen LogP contribution in [0.4, 0.5) is 0 Å². The molecule has 0 aliphatic carbocycles. The van der Waals surface area contributed by atoms with Crippen molar-refractivity contribution < 1.29 is 9.53 Å². The maximum atomic E-state index is 11.3. The molecule has 1 atom stereocenters. The maximum absolute atomic E-state index is 11.3. The number of carbonyl (C=O) groups excluding carboxylic acids is 1. The smallest absolute Gasteiger partial charge is 0.323 e. The van der Waals surface area contributed by atoms with E-state index in [2.05, 4.69) is 15.9 Å². The van der Waals surface area contributed by atoms with Gasteiger partial charge >= 0.3 is 5.97 Å². The van der Waals surface area contributed by atoms with Crippen molar-refractivity contribution in [2.75, 3.05) is 0 Å². The average molecular weight is 272 g/mol. The second-order valence-electron chi connectivity index (χ2n) is 3.21. The topological polar surface area (TPSA) is 52.3 Å². The van der Waals surface area contributed by atoms with Crippen LogP contribution in [0.5, 0.6) is 0 Å². The van der Waals surface area contributed by atoms with Gasteiger partial charge in [-0.2, -0.15) is 0 Å². The number of benzene rings is 1. The molecular formula is C11H14BrNO2. The maximum Gasteiger partial charge on any atom is 0.323 e. The highest BCUT2D eigenvalue weighted by molar-refractivity contribution is 9.10. The number of ether oxygens (including phenoxy) is 1. The summed E-state index contributed by atoms with van der Waals surface area (Å²) in [6, 6.07) is 7.09. The van der Waals surface area contributed by atoms with Crippen molar-refractivity contribution >= 4 is 21.9 Å². The van der Waals surface area contributed by atoms with Gasteiger partial charge in [0.2, 0.25) is 0 Å². The van der Waals surface area contributed by atoms with E-state index in [1.54, 1.807) is 0 Å². The first-order valence-corrected chi connectivity index (χ1v) is 5.60. The van der Waals surface area contributed by atoms with Gasteiger partial charge in [0.05, 0.1) is 0 Å². The molecule has 0 aliphatic rings. The Morgan fingerprint density at radius 2 is 2.20 bits per heavy atom. The van der Waals surface area contributed by atoms with Gasteiger partial charge in [0.15, 0.2) is 0 Å². The van der Waals surface area contributed by atoms with Gasteiger partial charge in [0.25, 0.3) is 0 Å². The minimum atomic E-state index is -0.521. The monoisotopic (exact) mass is 271 g/mol. The zero-order valence-electron chi connectivity index (χ0n) is 8.57. The standard InChI is InChI=1S/C11H14BrNO2/c1-2-10(13)11(14)15-7-8-5-3-4-6-9(8)12/h3-6,10H,2,7,13H2,1H3/t10-/m0/s1. The van der Waals surface area contributed by atoms with E-state index >= 15 is 0 Å². The molecule has 0 fully saturated rings. The van der Waals surface area contributed by atoms with Gasteiger partial charge in [-0.15, -0.1) is 0 Å². The van der Waals surface area contributed by atoms with E-state index in [1.165, 1.54) is 0 Å². The van der Waals surface area contributed by atoms with E-state index in [1.807, 2.05) is 31.2 Å². The molecule has 0 amide bonds. The summed E-state index contributed by atoms with van der Waals surface area (Å²) in [4.78, 5) is 11.3. The number of carbonyl (C=O) groups is 1. The highest BCUT2D eigenvalue weighted by Gasteiger charge is 2.12. The third-order valence-corrected chi connectivity index (χ3v) is 2.84. The van der Waals surface area contributed by atoms with Gasteiger partial charge in [0.1, 0.15) is 12.6 Å². The number of hydrogen-bond donors (Lipinski definition) is 1. The Hall–Kier alpha value is -0.870. The van der Waals surface area contributed by atoms with E-state index in [4.69, 9.17) is 10.5 Å². The molecule has 4 heteroatoms. The molecule has 0 unspecified atom stereocenters. The summed E-state index contributed by atoms with van der Waals surface area (Å²) in [5.41, 5.74) is 6.47. The van der Waals surface area contributed by atoms with Crippen molar-refractivity contribution in [3.63, 3.8) is 0 Å². The van der Waals surface area contributed by atoms with Crippen molar-refractivity contribution in [1.82, 2.24) is 0 Å². The largest absolute Gasteiger partial charge is 0.460 e. The first kappa shape index (κ1) is 12.2. The predicted octanol–water partition coefficient (Wildman–Crippen LogP) is 2.23. The molecule has 0 saturated carbocycles. The van der Waals surface area contributed by atoms with Crippen LogP contribution in [0.3, 0.4) is 0 Å². The van der Waals surface area contributed by atoms with Crippen LogP contribution in [-0.4, -0.2) is 12.0 Å². The Morgan fingerprint density at radius 3 is 2.80 bits per heavy atom. The van der Waals surface area contributed by atoms with Crippen LogP contribution in [-0.2, 0) is 16.1 Å². The fraction of sp³-hybridized carbons (Fsp3) is 0.364. The van der Waals surface area contributed by atoms with Crippen molar-refractivity contribution in [1.29, 1.82) is 0 Å². The third kappa shape index (κ3) is 3.64. The molecule has 0 aromatic heterocycles. The van der Waals surface area contributed by atoms with E-state index < -0.39 is 6.04 Å². The molecule has 0 saturated heterocycles. The van der Waals surface area contributed by atoms with Gasteiger partial charge in [-0.1, -0.05) is 41.1 Å². The number of hydrogen-bond acceptors (Lipinski definition) is 3.